The van der Waals surface area contributed by atoms with Gasteiger partial charge < -0.3 is 0 Å². The molecule has 4 heteroatoms. The summed E-state index contributed by atoms with van der Waals surface area (Å²) in [5.41, 5.74) is 0. The predicted octanol–water partition coefficient (Wildman–Crippen LogP) is -2.16. The molecule has 1 unspecified atom stereocenters. The van der Waals surface area contributed by atoms with Gasteiger partial charge in [-0.15, -0.1) is 0 Å². The molecule has 4 heavy (non-hydrogen) atoms. The molecule has 0 aliphatic rings. The maximum atomic E-state index is 0. The predicted molar refractivity (Wildman–Crippen MR) is 33.9 cm³/mol. The van der Waals surface area contributed by atoms with E-state index in [1.807, 2.05) is 0 Å². The molecule has 0 nitrogen and oxygen atoms in total. The third-order valence-electron chi connectivity index (χ3n) is 0. The Bertz CT molecular complexity index is 8.00. The van der Waals surface area contributed by atoms with Gasteiger partial charge in [0.1, 0.15) is 0 Å². The maximum absolute atomic E-state index is 0. The fraction of sp³-hybridized carbons (Fsp3) is 0. The molecule has 20 valence electrons. The van der Waals surface area contributed by atoms with Crippen molar-refractivity contribution in [1.29, 1.82) is 0 Å². The van der Waals surface area contributed by atoms with Crippen molar-refractivity contribution < 1.29 is 0 Å². The zero-order valence-electron chi connectivity index (χ0n) is 1.21. The zero-order chi connectivity index (χ0) is 0. The Kier molecular flexibility index (Phi) is 102. The monoisotopic (exact) mass is 180 g/mol. The molecule has 0 rings (SSSR count). The van der Waals surface area contributed by atoms with E-state index in [1.165, 1.54) is 0 Å². The first-order valence-electron chi connectivity index (χ1n) is 0. The summed E-state index contributed by atoms with van der Waals surface area (Å²) in [5.74, 6) is 0. The molecule has 0 fully saturated rings. The van der Waals surface area contributed by atoms with Crippen LogP contribution in [0.15, 0.2) is 0 Å². The summed E-state index contributed by atoms with van der Waals surface area (Å²) in [4.78, 5) is 0. The molecule has 0 aromatic carbocycles. The van der Waals surface area contributed by atoms with Gasteiger partial charge in [-0.1, -0.05) is 0 Å². The van der Waals surface area contributed by atoms with E-state index in [4.69, 9.17) is 0 Å². The molecule has 0 saturated heterocycles. The molecule has 0 amide bonds. The molecule has 0 N–H and O–H groups in total. The SMILES string of the molecule is P.[KH].[NaH].[SeH2]. The second kappa shape index (κ2) is 16.0. The second-order valence-electron chi connectivity index (χ2n) is 0. The molecule has 0 radical (unpaired) electrons. The van der Waals surface area contributed by atoms with Gasteiger partial charge in [0, 0.05) is 0 Å². The fourth-order valence-electron chi connectivity index (χ4n) is 0. The summed E-state index contributed by atoms with van der Waals surface area (Å²) in [7, 11) is 0. The van der Waals surface area contributed by atoms with Gasteiger partial charge in [0.2, 0.25) is 0 Å². The van der Waals surface area contributed by atoms with Crippen LogP contribution in [-0.2, 0) is 0 Å². The average Bonchev–Trinajstić information content (AvgIpc) is 0. The van der Waals surface area contributed by atoms with Crippen molar-refractivity contribution in [3.8, 4) is 0 Å². The van der Waals surface area contributed by atoms with Crippen LogP contribution in [0, 0.1) is 0 Å². The topological polar surface area (TPSA) is 0 Å². The summed E-state index contributed by atoms with van der Waals surface area (Å²) in [6, 6.07) is 0. The van der Waals surface area contributed by atoms with E-state index in [0.29, 0.717) is 0 Å². The van der Waals surface area contributed by atoms with Gasteiger partial charge in [-0.3, -0.25) is 0 Å². The normalized spacial score (nSPS) is 0. The van der Waals surface area contributed by atoms with Crippen molar-refractivity contribution in [2.75, 3.05) is 0 Å². The molecular formula is H7KNaPSe. The number of rotatable bonds is 0. The van der Waals surface area contributed by atoms with Crippen molar-refractivity contribution in [3.05, 3.63) is 0 Å². The Labute approximate surface area is 105 Å². The summed E-state index contributed by atoms with van der Waals surface area (Å²) < 4.78 is 0. The Balaban J connectivity index is 0. The molecule has 0 aliphatic carbocycles. The third kappa shape index (κ3) is 9.14. The summed E-state index contributed by atoms with van der Waals surface area (Å²) in [6.07, 6.45) is 0. The standard InChI is InChI=1S/K.Na.H3P.H2Se.2H/h;;1H3;1H2;;. The van der Waals surface area contributed by atoms with Gasteiger partial charge in [-0.05, 0) is 0 Å². The first-order chi connectivity index (χ1) is 0. The molecule has 1 atom stereocenters. The van der Waals surface area contributed by atoms with Crippen LogP contribution in [-0.4, -0.2) is 98.0 Å². The van der Waals surface area contributed by atoms with E-state index >= 15 is 0 Å². The molecule has 0 aromatic heterocycles. The van der Waals surface area contributed by atoms with E-state index in [0.717, 1.165) is 0 Å². The van der Waals surface area contributed by atoms with Crippen LogP contribution >= 0.6 is 9.90 Å². The third-order valence-corrected chi connectivity index (χ3v) is 0. The molecule has 0 spiro atoms. The van der Waals surface area contributed by atoms with Crippen molar-refractivity contribution in [1.82, 2.24) is 0 Å². The van der Waals surface area contributed by atoms with Gasteiger partial charge in [0.15, 0.2) is 0 Å². The van der Waals surface area contributed by atoms with E-state index in [9.17, 15) is 0 Å². The van der Waals surface area contributed by atoms with E-state index in [2.05, 4.69) is 0 Å². The van der Waals surface area contributed by atoms with Crippen molar-refractivity contribution in [2.24, 2.45) is 0 Å². The van der Waals surface area contributed by atoms with Gasteiger partial charge in [0.05, 0.1) is 0 Å². The van der Waals surface area contributed by atoms with Gasteiger partial charge in [-0.25, -0.2) is 0 Å². The first-order valence-corrected chi connectivity index (χ1v) is 0. The minimum absolute atomic E-state index is 0. The first kappa shape index (κ1) is 25.6. The molecule has 0 saturated carbocycles. The average molecular weight is 179 g/mol. The molecular weight excluding hydrogens is 172 g/mol. The van der Waals surface area contributed by atoms with Crippen LogP contribution < -0.4 is 0 Å². The summed E-state index contributed by atoms with van der Waals surface area (Å²) in [6.45, 7) is 0. The minimum atomic E-state index is 0. The van der Waals surface area contributed by atoms with Crippen LogP contribution in [0.4, 0.5) is 0 Å². The molecule has 0 aromatic rings. The Morgan fingerprint density at radius 1 is 1.00 bits per heavy atom. The quantitative estimate of drug-likeness (QED) is 0.293. The summed E-state index contributed by atoms with van der Waals surface area (Å²) in [5, 5.41) is 0. The Morgan fingerprint density at radius 3 is 1.00 bits per heavy atom. The number of hydrogen-bond acceptors (Lipinski definition) is 0. The molecule has 0 aliphatic heterocycles. The Hall–Kier alpha value is 3.59. The van der Waals surface area contributed by atoms with Crippen molar-refractivity contribution in [3.63, 3.8) is 0 Å². The fourth-order valence-corrected chi connectivity index (χ4v) is 0. The van der Waals surface area contributed by atoms with Crippen LogP contribution in [0.5, 0.6) is 0 Å². The van der Waals surface area contributed by atoms with Crippen molar-refractivity contribution >= 4 is 108 Å². The number of hydrogen-bond donors (Lipinski definition) is 0. The van der Waals surface area contributed by atoms with E-state index < -0.39 is 0 Å². The molecule has 0 heterocycles. The van der Waals surface area contributed by atoms with Crippen LogP contribution in [0.3, 0.4) is 0 Å². The van der Waals surface area contributed by atoms with Gasteiger partial charge in [0.25, 0.3) is 0 Å². The van der Waals surface area contributed by atoms with Crippen LogP contribution in [0.2, 0.25) is 0 Å². The van der Waals surface area contributed by atoms with Crippen molar-refractivity contribution in [2.45, 2.75) is 0 Å². The van der Waals surface area contributed by atoms with Gasteiger partial charge in [-0.2, -0.15) is 9.90 Å². The van der Waals surface area contributed by atoms with Gasteiger partial charge >= 0.3 is 98.0 Å². The zero-order valence-corrected chi connectivity index (χ0v) is 4.72. The molecule has 0 bridgehead atoms. The van der Waals surface area contributed by atoms with E-state index in [-0.39, 0.29) is 108 Å². The van der Waals surface area contributed by atoms with E-state index in [1.54, 1.807) is 0 Å². The summed E-state index contributed by atoms with van der Waals surface area (Å²) >= 11 is 0. The van der Waals surface area contributed by atoms with Crippen LogP contribution in [0.25, 0.3) is 0 Å². The van der Waals surface area contributed by atoms with Crippen LogP contribution in [0.1, 0.15) is 0 Å². The Morgan fingerprint density at radius 2 is 1.00 bits per heavy atom. The second-order valence-corrected chi connectivity index (χ2v) is 0.